The molecule has 0 aliphatic rings. The van der Waals surface area contributed by atoms with Crippen LogP contribution >= 0.6 is 11.8 Å². The van der Waals surface area contributed by atoms with Gasteiger partial charge in [0.25, 0.3) is 0 Å². The van der Waals surface area contributed by atoms with Crippen LogP contribution in [0.25, 0.3) is 0 Å². The normalized spacial score (nSPS) is 10.5. The molecule has 22 heavy (non-hydrogen) atoms. The molecule has 0 aliphatic heterocycles. The Kier molecular flexibility index (Phi) is 5.67. The molecule has 0 atom stereocenters. The van der Waals surface area contributed by atoms with Gasteiger partial charge in [-0.2, -0.15) is 0 Å². The van der Waals surface area contributed by atoms with Gasteiger partial charge < -0.3 is 4.90 Å². The van der Waals surface area contributed by atoms with Gasteiger partial charge in [-0.15, -0.1) is 11.8 Å². The van der Waals surface area contributed by atoms with Crippen molar-refractivity contribution in [1.29, 1.82) is 0 Å². The van der Waals surface area contributed by atoms with Crippen molar-refractivity contribution < 1.29 is 4.79 Å². The molecule has 2 rings (SSSR count). The first-order valence-electron chi connectivity index (χ1n) is 7.46. The summed E-state index contributed by atoms with van der Waals surface area (Å²) in [7, 11) is 1.87. The van der Waals surface area contributed by atoms with E-state index in [9.17, 15) is 4.79 Å². The lowest BCUT2D eigenvalue weighted by atomic mass is 10.1. The van der Waals surface area contributed by atoms with Gasteiger partial charge in [0.15, 0.2) is 0 Å². The predicted molar refractivity (Wildman–Crippen MR) is 94.3 cm³/mol. The Labute approximate surface area is 137 Å². The average Bonchev–Trinajstić information content (AvgIpc) is 2.50. The number of aryl methyl sites for hydroxylation is 3. The minimum atomic E-state index is 0.159. The second kappa shape index (κ2) is 7.50. The van der Waals surface area contributed by atoms with E-state index in [1.54, 1.807) is 16.7 Å². The fraction of sp³-hybridized carbons (Fsp3) is 0.316. The van der Waals surface area contributed by atoms with E-state index in [1.807, 2.05) is 19.2 Å². The van der Waals surface area contributed by atoms with Crippen LogP contribution in [0.3, 0.4) is 0 Å². The second-order valence-corrected chi connectivity index (χ2v) is 6.76. The van der Waals surface area contributed by atoms with Crippen molar-refractivity contribution in [3.05, 3.63) is 64.7 Å². The van der Waals surface area contributed by atoms with Gasteiger partial charge in [0.05, 0.1) is 5.75 Å². The quantitative estimate of drug-likeness (QED) is 0.764. The SMILES string of the molecule is Cc1ccc(SCC(=O)N(C)Cc2ccccc2C)cc1C. The number of carbonyl (C=O) groups excluding carboxylic acids is 1. The highest BCUT2D eigenvalue weighted by Gasteiger charge is 2.11. The Bertz CT molecular complexity index is 666. The molecule has 3 heteroatoms. The van der Waals surface area contributed by atoms with Crippen LogP contribution in [-0.4, -0.2) is 23.6 Å². The number of hydrogen-bond acceptors (Lipinski definition) is 2. The fourth-order valence-corrected chi connectivity index (χ4v) is 3.13. The maximum atomic E-state index is 12.3. The molecule has 0 heterocycles. The fourth-order valence-electron chi connectivity index (χ4n) is 2.19. The zero-order valence-electron chi connectivity index (χ0n) is 13.7. The van der Waals surface area contributed by atoms with Gasteiger partial charge in [-0.05, 0) is 55.2 Å². The zero-order valence-corrected chi connectivity index (χ0v) is 14.5. The molecule has 0 saturated heterocycles. The van der Waals surface area contributed by atoms with Crippen molar-refractivity contribution >= 4 is 17.7 Å². The molecule has 1 amide bonds. The van der Waals surface area contributed by atoms with Crippen LogP contribution in [-0.2, 0) is 11.3 Å². The summed E-state index contributed by atoms with van der Waals surface area (Å²) in [5, 5.41) is 0. The molecule has 0 spiro atoms. The van der Waals surface area contributed by atoms with Gasteiger partial charge in [-0.3, -0.25) is 4.79 Å². The minimum absolute atomic E-state index is 0.159. The number of carbonyl (C=O) groups is 1. The van der Waals surface area contributed by atoms with Crippen LogP contribution in [0.4, 0.5) is 0 Å². The van der Waals surface area contributed by atoms with Crippen LogP contribution < -0.4 is 0 Å². The molecule has 2 aromatic carbocycles. The molecule has 0 radical (unpaired) electrons. The van der Waals surface area contributed by atoms with Gasteiger partial charge in [0.1, 0.15) is 0 Å². The van der Waals surface area contributed by atoms with Gasteiger partial charge in [0.2, 0.25) is 5.91 Å². The highest BCUT2D eigenvalue weighted by atomic mass is 32.2. The van der Waals surface area contributed by atoms with E-state index in [0.717, 1.165) is 4.90 Å². The third-order valence-corrected chi connectivity index (χ3v) is 4.91. The van der Waals surface area contributed by atoms with Crippen LogP contribution in [0, 0.1) is 20.8 Å². The highest BCUT2D eigenvalue weighted by molar-refractivity contribution is 8.00. The number of hydrogen-bond donors (Lipinski definition) is 0. The number of benzene rings is 2. The van der Waals surface area contributed by atoms with Gasteiger partial charge in [-0.25, -0.2) is 0 Å². The molecule has 2 nitrogen and oxygen atoms in total. The van der Waals surface area contributed by atoms with E-state index in [-0.39, 0.29) is 5.91 Å². The summed E-state index contributed by atoms with van der Waals surface area (Å²) < 4.78 is 0. The van der Waals surface area contributed by atoms with E-state index in [0.29, 0.717) is 12.3 Å². The molecule has 0 fully saturated rings. The smallest absolute Gasteiger partial charge is 0.232 e. The molecular weight excluding hydrogens is 290 g/mol. The van der Waals surface area contributed by atoms with Crippen molar-refractivity contribution in [2.45, 2.75) is 32.2 Å². The van der Waals surface area contributed by atoms with Crippen molar-refractivity contribution in [2.24, 2.45) is 0 Å². The van der Waals surface area contributed by atoms with E-state index in [2.05, 4.69) is 51.1 Å². The summed E-state index contributed by atoms with van der Waals surface area (Å²) in [5.74, 6) is 0.636. The zero-order chi connectivity index (χ0) is 16.1. The molecule has 116 valence electrons. The summed E-state index contributed by atoms with van der Waals surface area (Å²) in [4.78, 5) is 15.2. The average molecular weight is 313 g/mol. The predicted octanol–water partition coefficient (Wildman–Crippen LogP) is 4.36. The number of rotatable bonds is 5. The topological polar surface area (TPSA) is 20.3 Å². The molecule has 0 N–H and O–H groups in total. The van der Waals surface area contributed by atoms with Crippen LogP contribution in [0.2, 0.25) is 0 Å². The van der Waals surface area contributed by atoms with Gasteiger partial charge in [0, 0.05) is 18.5 Å². The lowest BCUT2D eigenvalue weighted by Crippen LogP contribution is -2.28. The first kappa shape index (κ1) is 16.6. The Morgan fingerprint density at radius 3 is 2.41 bits per heavy atom. The van der Waals surface area contributed by atoms with Crippen LogP contribution in [0.5, 0.6) is 0 Å². The first-order valence-corrected chi connectivity index (χ1v) is 8.44. The highest BCUT2D eigenvalue weighted by Crippen LogP contribution is 2.21. The van der Waals surface area contributed by atoms with Crippen LogP contribution in [0.15, 0.2) is 47.4 Å². The monoisotopic (exact) mass is 313 g/mol. The maximum absolute atomic E-state index is 12.3. The minimum Gasteiger partial charge on any atom is -0.341 e. The lowest BCUT2D eigenvalue weighted by molar-refractivity contribution is -0.127. The number of nitrogens with zero attached hydrogens (tertiary/aromatic N) is 1. The number of thioether (sulfide) groups is 1. The summed E-state index contributed by atoms with van der Waals surface area (Å²) in [6.07, 6.45) is 0. The second-order valence-electron chi connectivity index (χ2n) is 5.71. The first-order chi connectivity index (χ1) is 10.5. The molecular formula is C19H23NOS. The van der Waals surface area contributed by atoms with Crippen molar-refractivity contribution in [3.63, 3.8) is 0 Å². The molecule has 2 aromatic rings. The lowest BCUT2D eigenvalue weighted by Gasteiger charge is -2.18. The Morgan fingerprint density at radius 1 is 1.00 bits per heavy atom. The third kappa shape index (κ3) is 4.38. The Hall–Kier alpha value is -1.74. The molecule has 0 bridgehead atoms. The van der Waals surface area contributed by atoms with E-state index in [1.165, 1.54) is 22.3 Å². The third-order valence-electron chi connectivity index (χ3n) is 3.94. The Balaban J connectivity index is 1.91. The van der Waals surface area contributed by atoms with Crippen molar-refractivity contribution in [2.75, 3.05) is 12.8 Å². The number of amides is 1. The van der Waals surface area contributed by atoms with E-state index < -0.39 is 0 Å². The Morgan fingerprint density at radius 2 is 1.73 bits per heavy atom. The van der Waals surface area contributed by atoms with E-state index >= 15 is 0 Å². The summed E-state index contributed by atoms with van der Waals surface area (Å²) >= 11 is 1.60. The van der Waals surface area contributed by atoms with Crippen molar-refractivity contribution in [1.82, 2.24) is 4.90 Å². The van der Waals surface area contributed by atoms with E-state index in [4.69, 9.17) is 0 Å². The summed E-state index contributed by atoms with van der Waals surface area (Å²) in [5.41, 5.74) is 4.98. The summed E-state index contributed by atoms with van der Waals surface area (Å²) in [6, 6.07) is 14.5. The van der Waals surface area contributed by atoms with Gasteiger partial charge >= 0.3 is 0 Å². The maximum Gasteiger partial charge on any atom is 0.232 e. The largest absolute Gasteiger partial charge is 0.341 e. The summed E-state index contributed by atoms with van der Waals surface area (Å²) in [6.45, 7) is 6.95. The molecule has 0 aliphatic carbocycles. The van der Waals surface area contributed by atoms with Crippen molar-refractivity contribution in [3.8, 4) is 0 Å². The molecule has 0 saturated carbocycles. The molecule has 0 aromatic heterocycles. The standard InChI is InChI=1S/C19H23NOS/c1-14-9-10-18(11-16(14)3)22-13-19(21)20(4)12-17-8-6-5-7-15(17)2/h5-11H,12-13H2,1-4H3. The molecule has 0 unspecified atom stereocenters. The van der Waals surface area contributed by atoms with Gasteiger partial charge in [-0.1, -0.05) is 30.3 Å². The van der Waals surface area contributed by atoms with Crippen LogP contribution in [0.1, 0.15) is 22.3 Å².